The molecule has 0 aliphatic rings. The number of carboxylic acid groups (broad SMARTS) is 1. The van der Waals surface area contributed by atoms with Crippen molar-refractivity contribution in [1.29, 1.82) is 0 Å². The number of aromatic nitrogens is 2. The van der Waals surface area contributed by atoms with Crippen LogP contribution in [0.1, 0.15) is 10.5 Å². The highest BCUT2D eigenvalue weighted by molar-refractivity contribution is 7.90. The van der Waals surface area contributed by atoms with E-state index in [9.17, 15) is 13.2 Å². The minimum absolute atomic E-state index is 0.0606. The van der Waals surface area contributed by atoms with Gasteiger partial charge in [0.25, 0.3) is 0 Å². The van der Waals surface area contributed by atoms with E-state index in [0.29, 0.717) is 11.1 Å². The molecule has 2 rings (SSSR count). The van der Waals surface area contributed by atoms with E-state index in [0.717, 1.165) is 6.26 Å². The molecule has 0 saturated heterocycles. The van der Waals surface area contributed by atoms with Crippen LogP contribution in [0.5, 0.6) is 0 Å². The Morgan fingerprint density at radius 2 is 1.84 bits per heavy atom. The van der Waals surface area contributed by atoms with Gasteiger partial charge in [0.1, 0.15) is 0 Å². The smallest absolute Gasteiger partial charge is 0.357 e. The zero-order chi connectivity index (χ0) is 14.2. The van der Waals surface area contributed by atoms with E-state index in [4.69, 9.17) is 5.11 Å². The van der Waals surface area contributed by atoms with E-state index in [2.05, 4.69) is 5.10 Å². The Labute approximate surface area is 110 Å². The van der Waals surface area contributed by atoms with Gasteiger partial charge in [-0.1, -0.05) is 12.1 Å². The Kier molecular flexibility index (Phi) is 3.15. The van der Waals surface area contributed by atoms with Crippen LogP contribution in [0, 0.1) is 0 Å². The molecule has 100 valence electrons. The molecule has 0 atom stereocenters. The number of rotatable bonds is 3. The standard InChI is InChI=1S/C12H12N2O4S/c1-14-7-10(11(13-14)12(15)16)8-3-5-9(6-4-8)19(2,17)18/h3-7H,1-2H3,(H,15,16). The fraction of sp³-hybridized carbons (Fsp3) is 0.167. The Balaban J connectivity index is 2.52. The Hall–Kier alpha value is -2.15. The maximum absolute atomic E-state index is 11.3. The molecule has 0 saturated carbocycles. The van der Waals surface area contributed by atoms with Gasteiger partial charge in [-0.25, -0.2) is 13.2 Å². The van der Waals surface area contributed by atoms with Crippen molar-refractivity contribution in [3.63, 3.8) is 0 Å². The number of hydrogen-bond acceptors (Lipinski definition) is 4. The molecule has 1 aromatic carbocycles. The van der Waals surface area contributed by atoms with Gasteiger partial charge in [0, 0.05) is 25.1 Å². The number of hydrogen-bond donors (Lipinski definition) is 1. The summed E-state index contributed by atoms with van der Waals surface area (Å²) in [6, 6.07) is 6.03. The van der Waals surface area contributed by atoms with Crippen LogP contribution in [0.2, 0.25) is 0 Å². The maximum Gasteiger partial charge on any atom is 0.357 e. The zero-order valence-electron chi connectivity index (χ0n) is 10.4. The van der Waals surface area contributed by atoms with Crippen LogP contribution in [0.3, 0.4) is 0 Å². The zero-order valence-corrected chi connectivity index (χ0v) is 11.2. The second kappa shape index (κ2) is 4.51. The fourth-order valence-corrected chi connectivity index (χ4v) is 2.37. The average Bonchev–Trinajstić information content (AvgIpc) is 2.70. The molecular weight excluding hydrogens is 268 g/mol. The van der Waals surface area contributed by atoms with Gasteiger partial charge in [-0.15, -0.1) is 0 Å². The van der Waals surface area contributed by atoms with Crippen molar-refractivity contribution in [3.8, 4) is 11.1 Å². The number of sulfone groups is 1. The first-order valence-electron chi connectivity index (χ1n) is 5.36. The SMILES string of the molecule is Cn1cc(-c2ccc(S(C)(=O)=O)cc2)c(C(=O)O)n1. The van der Waals surface area contributed by atoms with E-state index < -0.39 is 15.8 Å². The molecule has 2 aromatic rings. The molecule has 0 amide bonds. The summed E-state index contributed by atoms with van der Waals surface area (Å²) in [5.41, 5.74) is 1.00. The molecule has 1 N–H and O–H groups in total. The molecule has 0 bridgehead atoms. The van der Waals surface area contributed by atoms with Gasteiger partial charge in [0.15, 0.2) is 15.5 Å². The minimum Gasteiger partial charge on any atom is -0.476 e. The molecule has 1 heterocycles. The lowest BCUT2D eigenvalue weighted by atomic mass is 10.1. The molecule has 0 unspecified atom stereocenters. The second-order valence-corrected chi connectivity index (χ2v) is 6.18. The van der Waals surface area contributed by atoms with Gasteiger partial charge in [0.05, 0.1) is 4.90 Å². The number of aryl methyl sites for hydroxylation is 1. The summed E-state index contributed by atoms with van der Waals surface area (Å²) in [5.74, 6) is -1.12. The molecule has 0 aliphatic heterocycles. The summed E-state index contributed by atoms with van der Waals surface area (Å²) in [6.45, 7) is 0. The highest BCUT2D eigenvalue weighted by atomic mass is 32.2. The van der Waals surface area contributed by atoms with Gasteiger partial charge in [-0.3, -0.25) is 4.68 Å². The monoisotopic (exact) mass is 280 g/mol. The van der Waals surface area contributed by atoms with Crippen molar-refractivity contribution < 1.29 is 18.3 Å². The summed E-state index contributed by atoms with van der Waals surface area (Å²) in [6.07, 6.45) is 2.70. The first kappa shape index (κ1) is 13.3. The highest BCUT2D eigenvalue weighted by Gasteiger charge is 2.16. The van der Waals surface area contributed by atoms with Gasteiger partial charge < -0.3 is 5.11 Å². The molecule has 0 fully saturated rings. The molecular formula is C12H12N2O4S. The van der Waals surface area contributed by atoms with E-state index in [-0.39, 0.29) is 10.6 Å². The average molecular weight is 280 g/mol. The Morgan fingerprint density at radius 3 is 2.32 bits per heavy atom. The number of nitrogens with zero attached hydrogens (tertiary/aromatic N) is 2. The quantitative estimate of drug-likeness (QED) is 0.912. The van der Waals surface area contributed by atoms with Gasteiger partial charge >= 0.3 is 5.97 Å². The van der Waals surface area contributed by atoms with Crippen molar-refractivity contribution >= 4 is 15.8 Å². The predicted molar refractivity (Wildman–Crippen MR) is 68.7 cm³/mol. The number of carbonyl (C=O) groups is 1. The van der Waals surface area contributed by atoms with Crippen LogP contribution < -0.4 is 0 Å². The summed E-state index contributed by atoms with van der Waals surface area (Å²) in [5, 5.41) is 12.9. The largest absolute Gasteiger partial charge is 0.476 e. The van der Waals surface area contributed by atoms with Crippen LogP contribution in [-0.4, -0.2) is 35.5 Å². The fourth-order valence-electron chi connectivity index (χ4n) is 1.74. The van der Waals surface area contributed by atoms with E-state index in [1.54, 1.807) is 25.4 Å². The summed E-state index contributed by atoms with van der Waals surface area (Å²) < 4.78 is 24.1. The van der Waals surface area contributed by atoms with E-state index >= 15 is 0 Å². The van der Waals surface area contributed by atoms with Crippen molar-refractivity contribution in [3.05, 3.63) is 36.2 Å². The number of aromatic carboxylic acids is 1. The van der Waals surface area contributed by atoms with Crippen LogP contribution >= 0.6 is 0 Å². The molecule has 19 heavy (non-hydrogen) atoms. The van der Waals surface area contributed by atoms with Crippen molar-refractivity contribution in [1.82, 2.24) is 9.78 Å². The molecule has 1 aromatic heterocycles. The number of benzene rings is 1. The van der Waals surface area contributed by atoms with Gasteiger partial charge in [0.2, 0.25) is 0 Å². The lowest BCUT2D eigenvalue weighted by Gasteiger charge is -2.01. The Morgan fingerprint density at radius 1 is 1.26 bits per heavy atom. The lowest BCUT2D eigenvalue weighted by Crippen LogP contribution is -2.01. The minimum atomic E-state index is -3.26. The second-order valence-electron chi connectivity index (χ2n) is 4.17. The third-order valence-electron chi connectivity index (χ3n) is 2.62. The van der Waals surface area contributed by atoms with Gasteiger partial charge in [-0.05, 0) is 17.7 Å². The molecule has 0 radical (unpaired) electrons. The summed E-state index contributed by atoms with van der Waals surface area (Å²) in [4.78, 5) is 11.3. The van der Waals surface area contributed by atoms with E-state index in [1.807, 2.05) is 0 Å². The first-order valence-corrected chi connectivity index (χ1v) is 7.25. The Bertz CT molecular complexity index is 730. The first-order chi connectivity index (χ1) is 8.79. The van der Waals surface area contributed by atoms with Crippen molar-refractivity contribution in [2.75, 3.05) is 6.26 Å². The molecule has 0 spiro atoms. The third-order valence-corrected chi connectivity index (χ3v) is 3.75. The van der Waals surface area contributed by atoms with Crippen molar-refractivity contribution in [2.24, 2.45) is 7.05 Å². The third kappa shape index (κ3) is 2.65. The normalized spacial score (nSPS) is 11.5. The predicted octanol–water partition coefficient (Wildman–Crippen LogP) is 1.19. The topological polar surface area (TPSA) is 89.3 Å². The number of carboxylic acids is 1. The lowest BCUT2D eigenvalue weighted by molar-refractivity contribution is 0.0690. The summed E-state index contributed by atoms with van der Waals surface area (Å²) >= 11 is 0. The van der Waals surface area contributed by atoms with Crippen LogP contribution in [0.15, 0.2) is 35.4 Å². The highest BCUT2D eigenvalue weighted by Crippen LogP contribution is 2.24. The van der Waals surface area contributed by atoms with Gasteiger partial charge in [-0.2, -0.15) is 5.10 Å². The molecule has 0 aliphatic carbocycles. The molecule has 6 nitrogen and oxygen atoms in total. The van der Waals surface area contributed by atoms with Crippen LogP contribution in [0.4, 0.5) is 0 Å². The van der Waals surface area contributed by atoms with Crippen LogP contribution in [0.25, 0.3) is 11.1 Å². The van der Waals surface area contributed by atoms with Crippen LogP contribution in [-0.2, 0) is 16.9 Å². The maximum atomic E-state index is 11.3. The van der Waals surface area contributed by atoms with Crippen molar-refractivity contribution in [2.45, 2.75) is 4.90 Å². The van der Waals surface area contributed by atoms with E-state index in [1.165, 1.54) is 16.8 Å². The summed E-state index contributed by atoms with van der Waals surface area (Å²) in [7, 11) is -1.63. The molecule has 7 heteroatoms.